The molecular formula is C15H23N3. The van der Waals surface area contributed by atoms with E-state index in [1.165, 1.54) is 11.1 Å². The average molecular weight is 245 g/mol. The van der Waals surface area contributed by atoms with Gasteiger partial charge in [-0.25, -0.2) is 4.98 Å². The Kier molecular flexibility index (Phi) is 4.02. The second-order valence-corrected chi connectivity index (χ2v) is 4.93. The maximum absolute atomic E-state index is 5.91. The van der Waals surface area contributed by atoms with Gasteiger partial charge in [-0.2, -0.15) is 0 Å². The van der Waals surface area contributed by atoms with Crippen molar-refractivity contribution < 1.29 is 0 Å². The van der Waals surface area contributed by atoms with Gasteiger partial charge in [-0.3, -0.25) is 0 Å². The number of aromatic nitrogens is 2. The topological polar surface area (TPSA) is 43.8 Å². The number of rotatable bonds is 5. The van der Waals surface area contributed by atoms with Crippen LogP contribution in [-0.4, -0.2) is 16.1 Å². The monoisotopic (exact) mass is 245 g/mol. The molecule has 2 N–H and O–H groups in total. The summed E-state index contributed by atoms with van der Waals surface area (Å²) in [5.74, 6) is 1.53. The molecule has 98 valence electrons. The molecule has 1 atom stereocenters. The summed E-state index contributed by atoms with van der Waals surface area (Å²) in [5, 5.41) is 0. The zero-order chi connectivity index (χ0) is 13.1. The smallest absolute Gasteiger partial charge is 0.114 e. The van der Waals surface area contributed by atoms with E-state index in [0.717, 1.165) is 30.7 Å². The fourth-order valence-corrected chi connectivity index (χ4v) is 2.60. The van der Waals surface area contributed by atoms with Gasteiger partial charge in [-0.1, -0.05) is 19.4 Å². The third-order valence-electron chi connectivity index (χ3n) is 3.54. The first-order valence-electron chi connectivity index (χ1n) is 6.88. The molecule has 0 aliphatic rings. The van der Waals surface area contributed by atoms with Crippen LogP contribution in [0.4, 0.5) is 0 Å². The lowest BCUT2D eigenvalue weighted by atomic mass is 10.0. The Morgan fingerprint density at radius 2 is 2.11 bits per heavy atom. The third kappa shape index (κ3) is 2.27. The van der Waals surface area contributed by atoms with Gasteiger partial charge in [-0.05, 0) is 38.0 Å². The van der Waals surface area contributed by atoms with Crippen molar-refractivity contribution in [2.24, 2.45) is 5.73 Å². The number of nitrogens with zero attached hydrogens (tertiary/aromatic N) is 2. The second kappa shape index (κ2) is 5.53. The highest BCUT2D eigenvalue weighted by Gasteiger charge is 2.17. The number of benzene rings is 1. The van der Waals surface area contributed by atoms with Gasteiger partial charge in [0, 0.05) is 19.0 Å². The summed E-state index contributed by atoms with van der Waals surface area (Å²) in [6, 6.07) is 6.48. The van der Waals surface area contributed by atoms with Crippen molar-refractivity contribution >= 4 is 11.0 Å². The fourth-order valence-electron chi connectivity index (χ4n) is 2.60. The molecule has 0 radical (unpaired) electrons. The van der Waals surface area contributed by atoms with Crippen LogP contribution in [0.15, 0.2) is 18.2 Å². The lowest BCUT2D eigenvalue weighted by molar-refractivity contribution is 0.557. The first-order valence-corrected chi connectivity index (χ1v) is 6.88. The number of hydrogen-bond acceptors (Lipinski definition) is 2. The highest BCUT2D eigenvalue weighted by Crippen LogP contribution is 2.25. The first-order chi connectivity index (χ1) is 8.71. The molecule has 2 aromatic rings. The van der Waals surface area contributed by atoms with Gasteiger partial charge in [-0.15, -0.1) is 0 Å². The quantitative estimate of drug-likeness (QED) is 0.879. The summed E-state index contributed by atoms with van der Waals surface area (Å²) in [4.78, 5) is 4.82. The van der Waals surface area contributed by atoms with Crippen LogP contribution in [-0.2, 0) is 6.54 Å². The van der Waals surface area contributed by atoms with Crippen LogP contribution in [0.1, 0.15) is 44.0 Å². The normalized spacial score (nSPS) is 13.1. The Labute approximate surface area is 109 Å². The molecule has 0 bridgehead atoms. The molecular weight excluding hydrogens is 222 g/mol. The maximum atomic E-state index is 5.91. The first kappa shape index (κ1) is 13.1. The minimum Gasteiger partial charge on any atom is -0.330 e. The molecule has 1 aromatic heterocycles. The predicted octanol–water partition coefficient (Wildman–Crippen LogP) is 3.21. The van der Waals surface area contributed by atoms with Crippen LogP contribution in [0.25, 0.3) is 11.0 Å². The Morgan fingerprint density at radius 3 is 2.72 bits per heavy atom. The van der Waals surface area contributed by atoms with Crippen LogP contribution in [0.5, 0.6) is 0 Å². The molecule has 0 saturated carbocycles. The van der Waals surface area contributed by atoms with E-state index in [0.29, 0.717) is 12.5 Å². The molecule has 2 rings (SSSR count). The van der Waals surface area contributed by atoms with Gasteiger partial charge in [0.05, 0.1) is 11.0 Å². The number of aryl methyl sites for hydroxylation is 2. The van der Waals surface area contributed by atoms with Gasteiger partial charge >= 0.3 is 0 Å². The molecule has 18 heavy (non-hydrogen) atoms. The van der Waals surface area contributed by atoms with Crippen molar-refractivity contribution in [3.8, 4) is 0 Å². The largest absolute Gasteiger partial charge is 0.330 e. The van der Waals surface area contributed by atoms with Crippen molar-refractivity contribution in [1.29, 1.82) is 0 Å². The lowest BCUT2D eigenvalue weighted by Gasteiger charge is -2.15. The fraction of sp³-hybridized carbons (Fsp3) is 0.533. The summed E-state index contributed by atoms with van der Waals surface area (Å²) < 4.78 is 2.31. The molecule has 0 fully saturated rings. The molecule has 3 heteroatoms. The highest BCUT2D eigenvalue weighted by molar-refractivity contribution is 5.77. The van der Waals surface area contributed by atoms with E-state index >= 15 is 0 Å². The van der Waals surface area contributed by atoms with Crippen molar-refractivity contribution in [2.45, 2.75) is 46.1 Å². The molecule has 1 aromatic carbocycles. The highest BCUT2D eigenvalue weighted by atomic mass is 15.1. The summed E-state index contributed by atoms with van der Waals surface area (Å²) in [6.45, 7) is 8.11. The van der Waals surface area contributed by atoms with E-state index in [9.17, 15) is 0 Å². The Balaban J connectivity index is 2.55. The molecule has 1 heterocycles. The van der Waals surface area contributed by atoms with Crippen LogP contribution >= 0.6 is 0 Å². The second-order valence-electron chi connectivity index (χ2n) is 4.93. The van der Waals surface area contributed by atoms with Gasteiger partial charge in [0.2, 0.25) is 0 Å². The number of nitrogens with two attached hydrogens (primary N) is 1. The Hall–Kier alpha value is -1.35. The summed E-state index contributed by atoms with van der Waals surface area (Å²) in [6.07, 6.45) is 2.26. The average Bonchev–Trinajstić information content (AvgIpc) is 2.73. The van der Waals surface area contributed by atoms with Crippen LogP contribution in [0, 0.1) is 6.92 Å². The van der Waals surface area contributed by atoms with Crippen molar-refractivity contribution in [3.63, 3.8) is 0 Å². The van der Waals surface area contributed by atoms with Gasteiger partial charge in [0.1, 0.15) is 5.82 Å². The Morgan fingerprint density at radius 1 is 1.33 bits per heavy atom. The van der Waals surface area contributed by atoms with Crippen LogP contribution < -0.4 is 5.73 Å². The predicted molar refractivity (Wildman–Crippen MR) is 76.8 cm³/mol. The van der Waals surface area contributed by atoms with Gasteiger partial charge in [0.25, 0.3) is 0 Å². The Bertz CT molecular complexity index is 528. The molecule has 3 nitrogen and oxygen atoms in total. The standard InChI is InChI=1S/C15H23N3/c1-4-6-12(10-16)15-17-13-9-11(3)7-8-14(13)18(15)5-2/h7-9,12H,4-6,10,16H2,1-3H3. The van der Waals surface area contributed by atoms with E-state index in [1.807, 2.05) is 0 Å². The van der Waals surface area contributed by atoms with E-state index in [4.69, 9.17) is 10.7 Å². The molecule has 0 aliphatic carbocycles. The minimum absolute atomic E-state index is 0.377. The maximum Gasteiger partial charge on any atom is 0.114 e. The SMILES string of the molecule is CCCC(CN)c1nc2cc(C)ccc2n1CC. The summed E-state index contributed by atoms with van der Waals surface area (Å²) in [7, 11) is 0. The van der Waals surface area contributed by atoms with Crippen molar-refractivity contribution in [1.82, 2.24) is 9.55 Å². The van der Waals surface area contributed by atoms with Gasteiger partial charge < -0.3 is 10.3 Å². The van der Waals surface area contributed by atoms with Gasteiger partial charge in [0.15, 0.2) is 0 Å². The van der Waals surface area contributed by atoms with Crippen LogP contribution in [0.2, 0.25) is 0 Å². The zero-order valence-electron chi connectivity index (χ0n) is 11.6. The summed E-state index contributed by atoms with van der Waals surface area (Å²) >= 11 is 0. The van der Waals surface area contributed by atoms with E-state index in [-0.39, 0.29) is 0 Å². The van der Waals surface area contributed by atoms with E-state index in [2.05, 4.69) is 43.5 Å². The molecule has 0 spiro atoms. The van der Waals surface area contributed by atoms with Crippen molar-refractivity contribution in [3.05, 3.63) is 29.6 Å². The summed E-state index contributed by atoms with van der Waals surface area (Å²) in [5.41, 5.74) is 9.50. The number of fused-ring (bicyclic) bond motifs is 1. The third-order valence-corrected chi connectivity index (χ3v) is 3.54. The molecule has 0 aliphatic heterocycles. The lowest BCUT2D eigenvalue weighted by Crippen LogP contribution is -2.17. The molecule has 0 amide bonds. The molecule has 1 unspecified atom stereocenters. The van der Waals surface area contributed by atoms with E-state index in [1.54, 1.807) is 0 Å². The van der Waals surface area contributed by atoms with Crippen LogP contribution in [0.3, 0.4) is 0 Å². The minimum atomic E-state index is 0.377. The number of imidazole rings is 1. The zero-order valence-corrected chi connectivity index (χ0v) is 11.6. The van der Waals surface area contributed by atoms with E-state index < -0.39 is 0 Å². The molecule has 0 saturated heterocycles. The number of hydrogen-bond donors (Lipinski definition) is 1. The van der Waals surface area contributed by atoms with Crippen molar-refractivity contribution in [2.75, 3.05) is 6.54 Å².